The van der Waals surface area contributed by atoms with Gasteiger partial charge in [-0.05, 0) is 35.8 Å². The zero-order chi connectivity index (χ0) is 8.39. The number of pyridine rings is 1. The van der Waals surface area contributed by atoms with E-state index >= 15 is 0 Å². The second-order valence-electron chi connectivity index (χ2n) is 2.18. The summed E-state index contributed by atoms with van der Waals surface area (Å²) in [6.45, 7) is 0. The van der Waals surface area contributed by atoms with Gasteiger partial charge in [-0.2, -0.15) is 4.99 Å². The zero-order valence-electron chi connectivity index (χ0n) is 6.02. The molecule has 0 aliphatic heterocycles. The summed E-state index contributed by atoms with van der Waals surface area (Å²) in [4.78, 5) is 8.03. The van der Waals surface area contributed by atoms with E-state index in [-0.39, 0.29) is 0 Å². The summed E-state index contributed by atoms with van der Waals surface area (Å²) >= 11 is 6.15. The van der Waals surface area contributed by atoms with Crippen LogP contribution in [0, 0.1) is 0 Å². The average Bonchev–Trinajstić information content (AvgIpc) is 2.51. The first-order valence-electron chi connectivity index (χ1n) is 3.32. The molecule has 2 rings (SSSR count). The van der Waals surface area contributed by atoms with Crippen LogP contribution in [0.5, 0.6) is 0 Å². The predicted molar refractivity (Wildman–Crippen MR) is 54.3 cm³/mol. The number of aromatic nitrogens is 1. The van der Waals surface area contributed by atoms with E-state index in [1.807, 2.05) is 23.6 Å². The molecule has 0 spiro atoms. The molecule has 4 heteroatoms. The molecule has 0 aliphatic rings. The molecule has 0 bridgehead atoms. The Kier molecular flexibility index (Phi) is 1.96. The van der Waals surface area contributed by atoms with Gasteiger partial charge in [-0.25, -0.2) is 4.98 Å². The lowest BCUT2D eigenvalue weighted by atomic mass is 10.4. The van der Waals surface area contributed by atoms with Crippen molar-refractivity contribution in [3.8, 4) is 0 Å². The van der Waals surface area contributed by atoms with E-state index in [1.165, 1.54) is 4.70 Å². The van der Waals surface area contributed by atoms with Gasteiger partial charge in [0.2, 0.25) is 0 Å². The monoisotopic (exact) mass is 192 g/mol. The normalized spacial score (nSPS) is 9.67. The minimum Gasteiger partial charge on any atom is -0.227 e. The van der Waals surface area contributed by atoms with Crippen LogP contribution in [0.15, 0.2) is 28.6 Å². The Balaban J connectivity index is 2.67. The van der Waals surface area contributed by atoms with Crippen LogP contribution in [0.3, 0.4) is 0 Å². The molecule has 0 unspecified atom stereocenters. The Hall–Kier alpha value is -1.09. The number of isothiocyanates is 1. The minimum absolute atomic E-state index is 0.621. The van der Waals surface area contributed by atoms with Crippen molar-refractivity contribution in [2.45, 2.75) is 0 Å². The number of rotatable bonds is 1. The van der Waals surface area contributed by atoms with Crippen molar-refractivity contribution >= 4 is 44.8 Å². The highest BCUT2D eigenvalue weighted by molar-refractivity contribution is 7.78. The molecule has 0 saturated carbocycles. The number of fused-ring (bicyclic) bond motifs is 1. The molecule has 0 fully saturated rings. The number of thiophene rings is 1. The van der Waals surface area contributed by atoms with Crippen molar-refractivity contribution in [2.75, 3.05) is 0 Å². The van der Waals surface area contributed by atoms with E-state index in [9.17, 15) is 0 Å². The number of hydrogen-bond acceptors (Lipinski definition) is 4. The van der Waals surface area contributed by atoms with Crippen LogP contribution in [0.25, 0.3) is 10.2 Å². The molecule has 58 valence electrons. The molecule has 0 amide bonds. The summed E-state index contributed by atoms with van der Waals surface area (Å²) in [7, 11) is 0. The SMILES string of the molecule is S=C=Nc1ccc2sccc2n1. The lowest BCUT2D eigenvalue weighted by molar-refractivity contribution is 1.35. The summed E-state index contributed by atoms with van der Waals surface area (Å²) in [6, 6.07) is 5.78. The Labute approximate surface area is 78.6 Å². The van der Waals surface area contributed by atoms with E-state index in [4.69, 9.17) is 0 Å². The van der Waals surface area contributed by atoms with Gasteiger partial charge in [-0.1, -0.05) is 0 Å². The molecule has 12 heavy (non-hydrogen) atoms. The molecule has 0 aromatic carbocycles. The fourth-order valence-corrected chi connectivity index (χ4v) is 1.77. The average molecular weight is 192 g/mol. The van der Waals surface area contributed by atoms with Crippen LogP contribution in [0.4, 0.5) is 5.82 Å². The highest BCUT2D eigenvalue weighted by Gasteiger charge is 1.96. The topological polar surface area (TPSA) is 25.2 Å². The summed E-state index contributed by atoms with van der Waals surface area (Å²) in [5.74, 6) is 0.621. The third-order valence-corrected chi connectivity index (χ3v) is 2.41. The molecule has 2 aromatic heterocycles. The molecular formula is C8H4N2S2. The van der Waals surface area contributed by atoms with Crippen molar-refractivity contribution in [3.05, 3.63) is 23.6 Å². The van der Waals surface area contributed by atoms with Gasteiger partial charge in [-0.3, -0.25) is 0 Å². The minimum atomic E-state index is 0.621. The van der Waals surface area contributed by atoms with Crippen LogP contribution in [0.2, 0.25) is 0 Å². The molecule has 2 nitrogen and oxygen atoms in total. The van der Waals surface area contributed by atoms with Crippen molar-refractivity contribution in [1.82, 2.24) is 4.98 Å². The number of nitrogens with zero attached hydrogens (tertiary/aromatic N) is 2. The third-order valence-electron chi connectivity index (χ3n) is 1.45. The number of thiocarbonyl (C=S) groups is 1. The molecule has 0 atom stereocenters. The van der Waals surface area contributed by atoms with Crippen LogP contribution < -0.4 is 0 Å². The van der Waals surface area contributed by atoms with E-state index in [2.05, 4.69) is 27.4 Å². The van der Waals surface area contributed by atoms with Crippen molar-refractivity contribution < 1.29 is 0 Å². The van der Waals surface area contributed by atoms with Gasteiger partial charge in [0, 0.05) is 0 Å². The maximum absolute atomic E-state index is 4.48. The van der Waals surface area contributed by atoms with Gasteiger partial charge >= 0.3 is 0 Å². The Morgan fingerprint density at radius 3 is 3.17 bits per heavy atom. The van der Waals surface area contributed by atoms with Gasteiger partial charge in [0.05, 0.1) is 15.4 Å². The first kappa shape index (κ1) is 7.55. The van der Waals surface area contributed by atoms with Crippen molar-refractivity contribution in [3.63, 3.8) is 0 Å². The van der Waals surface area contributed by atoms with Crippen molar-refractivity contribution in [2.24, 2.45) is 4.99 Å². The largest absolute Gasteiger partial charge is 0.227 e. The molecule has 2 heterocycles. The summed E-state index contributed by atoms with van der Waals surface area (Å²) in [5.41, 5.74) is 0.964. The van der Waals surface area contributed by atoms with Crippen LogP contribution in [-0.2, 0) is 0 Å². The van der Waals surface area contributed by atoms with Gasteiger partial charge in [0.25, 0.3) is 0 Å². The lowest BCUT2D eigenvalue weighted by Crippen LogP contribution is -1.71. The Morgan fingerprint density at radius 2 is 2.33 bits per heavy atom. The maximum Gasteiger partial charge on any atom is 0.163 e. The second-order valence-corrected chi connectivity index (χ2v) is 3.31. The van der Waals surface area contributed by atoms with Gasteiger partial charge in [-0.15, -0.1) is 11.3 Å². The Morgan fingerprint density at radius 1 is 1.42 bits per heavy atom. The van der Waals surface area contributed by atoms with E-state index in [1.54, 1.807) is 11.3 Å². The third kappa shape index (κ3) is 1.28. The second kappa shape index (κ2) is 3.11. The van der Waals surface area contributed by atoms with Crippen LogP contribution in [-0.4, -0.2) is 10.1 Å². The molecular weight excluding hydrogens is 188 g/mol. The predicted octanol–water partition coefficient (Wildman–Crippen LogP) is 3.03. The van der Waals surface area contributed by atoms with Crippen LogP contribution in [0.1, 0.15) is 0 Å². The summed E-state index contributed by atoms with van der Waals surface area (Å²) < 4.78 is 1.17. The molecule has 0 aliphatic carbocycles. The quantitative estimate of drug-likeness (QED) is 0.512. The maximum atomic E-state index is 4.48. The Bertz CT molecular complexity index is 455. The molecule has 2 aromatic rings. The first-order chi connectivity index (χ1) is 5.90. The highest BCUT2D eigenvalue weighted by Crippen LogP contribution is 2.21. The first-order valence-corrected chi connectivity index (χ1v) is 4.61. The smallest absolute Gasteiger partial charge is 0.163 e. The van der Waals surface area contributed by atoms with E-state index in [0.29, 0.717) is 5.82 Å². The van der Waals surface area contributed by atoms with Gasteiger partial charge < -0.3 is 0 Å². The van der Waals surface area contributed by atoms with Gasteiger partial charge in [0.15, 0.2) is 5.82 Å². The zero-order valence-corrected chi connectivity index (χ0v) is 7.65. The fraction of sp³-hybridized carbons (Fsp3) is 0. The van der Waals surface area contributed by atoms with Crippen molar-refractivity contribution in [1.29, 1.82) is 0 Å². The molecule has 0 saturated heterocycles. The molecule has 0 N–H and O–H groups in total. The van der Waals surface area contributed by atoms with Crippen LogP contribution >= 0.6 is 23.6 Å². The van der Waals surface area contributed by atoms with E-state index < -0.39 is 0 Å². The summed E-state index contributed by atoms with van der Waals surface area (Å²) in [6.07, 6.45) is 0. The molecule has 0 radical (unpaired) electrons. The highest BCUT2D eigenvalue weighted by atomic mass is 32.1. The number of hydrogen-bond donors (Lipinski definition) is 0. The standard InChI is InChI=1S/C8H4N2S2/c11-5-9-8-2-1-7-6(10-8)3-4-12-7/h1-4H. The lowest BCUT2D eigenvalue weighted by Gasteiger charge is -1.89. The number of aliphatic imine (C=N–C) groups is 1. The summed E-state index contributed by atoms with van der Waals surface area (Å²) in [5, 5.41) is 4.29. The fourth-order valence-electron chi connectivity index (χ4n) is 0.951. The van der Waals surface area contributed by atoms with Gasteiger partial charge in [0.1, 0.15) is 0 Å². The van der Waals surface area contributed by atoms with E-state index in [0.717, 1.165) is 5.52 Å².